The van der Waals surface area contributed by atoms with Crippen molar-refractivity contribution in [3.63, 3.8) is 0 Å². The van der Waals surface area contributed by atoms with Crippen molar-refractivity contribution in [3.05, 3.63) is 35.6 Å². The summed E-state index contributed by atoms with van der Waals surface area (Å²) in [7, 11) is 0. The van der Waals surface area contributed by atoms with Crippen LogP contribution in [0.25, 0.3) is 11.0 Å². The molecule has 1 aromatic heterocycles. The molecule has 20 heavy (non-hydrogen) atoms. The molecule has 0 spiro atoms. The highest BCUT2D eigenvalue weighted by atomic mass is 16.3. The van der Waals surface area contributed by atoms with E-state index in [4.69, 9.17) is 10.3 Å². The lowest BCUT2D eigenvalue weighted by Gasteiger charge is -2.28. The molecule has 4 atom stereocenters. The Morgan fingerprint density at radius 1 is 1.25 bits per heavy atom. The van der Waals surface area contributed by atoms with Gasteiger partial charge in [-0.25, -0.2) is 5.43 Å². The van der Waals surface area contributed by atoms with Crippen molar-refractivity contribution in [1.82, 2.24) is 5.43 Å². The van der Waals surface area contributed by atoms with Crippen molar-refractivity contribution in [2.45, 2.75) is 38.6 Å². The average molecular weight is 270 g/mol. The van der Waals surface area contributed by atoms with Crippen molar-refractivity contribution in [2.75, 3.05) is 0 Å². The van der Waals surface area contributed by atoms with E-state index < -0.39 is 0 Å². The van der Waals surface area contributed by atoms with Crippen molar-refractivity contribution < 1.29 is 4.42 Å². The molecule has 2 saturated carbocycles. The number of hydrogen-bond donors (Lipinski definition) is 2. The molecule has 3 N–H and O–H groups in total. The second-order valence-corrected chi connectivity index (χ2v) is 6.67. The van der Waals surface area contributed by atoms with Gasteiger partial charge in [-0.15, -0.1) is 0 Å². The van der Waals surface area contributed by atoms with Crippen LogP contribution < -0.4 is 11.3 Å². The van der Waals surface area contributed by atoms with E-state index in [0.29, 0.717) is 5.92 Å². The lowest BCUT2D eigenvalue weighted by atomic mass is 9.82. The summed E-state index contributed by atoms with van der Waals surface area (Å²) in [4.78, 5) is 0. The fraction of sp³-hybridized carbons (Fsp3) is 0.529. The van der Waals surface area contributed by atoms with E-state index in [1.165, 1.54) is 36.6 Å². The fourth-order valence-corrected chi connectivity index (χ4v) is 4.46. The fourth-order valence-electron chi connectivity index (χ4n) is 4.46. The standard InChI is InChI=1S/C17H22N2O/c1-10-2-5-15-13(6-10)9-16(20-15)17(19-18)14-8-11-3-4-12(14)7-11/h2,5-6,9,11-12,14,17,19H,3-4,7-8,18H2,1H3. The van der Waals surface area contributed by atoms with Crippen LogP contribution >= 0.6 is 0 Å². The first-order chi connectivity index (χ1) is 9.74. The quantitative estimate of drug-likeness (QED) is 0.660. The first kappa shape index (κ1) is 12.4. The smallest absolute Gasteiger partial charge is 0.134 e. The molecule has 0 amide bonds. The van der Waals surface area contributed by atoms with Gasteiger partial charge < -0.3 is 4.42 Å². The average Bonchev–Trinajstić information content (AvgIpc) is 3.13. The summed E-state index contributed by atoms with van der Waals surface area (Å²) < 4.78 is 6.05. The molecule has 0 saturated heterocycles. The Bertz CT molecular complexity index is 633. The Kier molecular flexibility index (Phi) is 2.86. The highest BCUT2D eigenvalue weighted by Gasteiger charge is 2.44. The molecule has 2 fully saturated rings. The molecule has 2 aliphatic rings. The molecule has 2 bridgehead atoms. The van der Waals surface area contributed by atoms with Gasteiger partial charge in [-0.1, -0.05) is 18.1 Å². The number of fused-ring (bicyclic) bond motifs is 3. The van der Waals surface area contributed by atoms with Gasteiger partial charge in [0, 0.05) is 5.39 Å². The Hall–Kier alpha value is -1.32. The SMILES string of the molecule is Cc1ccc2oc(C(NN)C3CC4CCC3C4)cc2c1. The van der Waals surface area contributed by atoms with Crippen LogP contribution in [-0.2, 0) is 0 Å². The number of nitrogens with one attached hydrogen (secondary N) is 1. The van der Waals surface area contributed by atoms with Gasteiger partial charge in [0.1, 0.15) is 11.3 Å². The van der Waals surface area contributed by atoms with Gasteiger partial charge >= 0.3 is 0 Å². The van der Waals surface area contributed by atoms with Crippen molar-refractivity contribution in [2.24, 2.45) is 23.6 Å². The van der Waals surface area contributed by atoms with Crippen LogP contribution in [0, 0.1) is 24.7 Å². The molecular formula is C17H22N2O. The molecular weight excluding hydrogens is 248 g/mol. The maximum Gasteiger partial charge on any atom is 0.134 e. The number of rotatable bonds is 3. The molecule has 3 nitrogen and oxygen atoms in total. The van der Waals surface area contributed by atoms with Crippen LogP contribution in [0.2, 0.25) is 0 Å². The Morgan fingerprint density at radius 2 is 2.15 bits per heavy atom. The molecule has 2 aliphatic carbocycles. The first-order valence-electron chi connectivity index (χ1n) is 7.71. The highest BCUT2D eigenvalue weighted by molar-refractivity contribution is 5.78. The Morgan fingerprint density at radius 3 is 2.85 bits per heavy atom. The first-order valence-corrected chi connectivity index (χ1v) is 7.71. The number of aryl methyl sites for hydroxylation is 1. The van der Waals surface area contributed by atoms with E-state index in [-0.39, 0.29) is 6.04 Å². The maximum atomic E-state index is 6.05. The minimum atomic E-state index is 0.165. The zero-order valence-corrected chi connectivity index (χ0v) is 11.9. The van der Waals surface area contributed by atoms with E-state index in [2.05, 4.69) is 36.6 Å². The highest BCUT2D eigenvalue weighted by Crippen LogP contribution is 2.52. The summed E-state index contributed by atoms with van der Waals surface area (Å²) in [5.41, 5.74) is 5.26. The Balaban J connectivity index is 1.69. The summed E-state index contributed by atoms with van der Waals surface area (Å²) in [6.45, 7) is 2.11. The number of benzene rings is 1. The molecule has 1 aromatic carbocycles. The van der Waals surface area contributed by atoms with Crippen LogP contribution in [0.3, 0.4) is 0 Å². The lowest BCUT2D eigenvalue weighted by molar-refractivity contribution is 0.230. The maximum absolute atomic E-state index is 6.05. The van der Waals surface area contributed by atoms with Gasteiger partial charge in [0.2, 0.25) is 0 Å². The van der Waals surface area contributed by atoms with Crippen LogP contribution in [0.4, 0.5) is 0 Å². The largest absolute Gasteiger partial charge is 0.459 e. The van der Waals surface area contributed by atoms with Crippen LogP contribution in [0.15, 0.2) is 28.7 Å². The molecule has 0 radical (unpaired) electrons. The van der Waals surface area contributed by atoms with Crippen LogP contribution in [-0.4, -0.2) is 0 Å². The van der Waals surface area contributed by atoms with E-state index in [1.807, 2.05) is 0 Å². The van der Waals surface area contributed by atoms with Crippen molar-refractivity contribution in [1.29, 1.82) is 0 Å². The topological polar surface area (TPSA) is 51.2 Å². The third kappa shape index (κ3) is 1.88. The summed E-state index contributed by atoms with van der Waals surface area (Å²) >= 11 is 0. The van der Waals surface area contributed by atoms with Gasteiger partial charge in [0.05, 0.1) is 6.04 Å². The van der Waals surface area contributed by atoms with Crippen LogP contribution in [0.1, 0.15) is 43.0 Å². The second-order valence-electron chi connectivity index (χ2n) is 6.67. The summed E-state index contributed by atoms with van der Waals surface area (Å²) in [5.74, 6) is 9.26. The molecule has 1 heterocycles. The minimum Gasteiger partial charge on any atom is -0.459 e. The third-order valence-electron chi connectivity index (χ3n) is 5.40. The Labute approximate surface area is 119 Å². The molecule has 3 heteroatoms. The van der Waals surface area contributed by atoms with Crippen molar-refractivity contribution >= 4 is 11.0 Å². The molecule has 0 aliphatic heterocycles. The molecule has 4 rings (SSSR count). The molecule has 4 unspecified atom stereocenters. The van der Waals surface area contributed by atoms with Gasteiger partial charge in [0.15, 0.2) is 0 Å². The van der Waals surface area contributed by atoms with Crippen molar-refractivity contribution in [3.8, 4) is 0 Å². The van der Waals surface area contributed by atoms with Gasteiger partial charge in [-0.2, -0.15) is 0 Å². The summed E-state index contributed by atoms with van der Waals surface area (Å²) in [6, 6.07) is 8.66. The molecule has 106 valence electrons. The van der Waals surface area contributed by atoms with Gasteiger partial charge in [-0.05, 0) is 62.1 Å². The predicted octanol–water partition coefficient (Wildman–Crippen LogP) is 3.68. The number of nitrogens with two attached hydrogens (primary N) is 1. The zero-order valence-electron chi connectivity index (χ0n) is 11.9. The predicted molar refractivity (Wildman–Crippen MR) is 80.0 cm³/mol. The van der Waals surface area contributed by atoms with Crippen LogP contribution in [0.5, 0.6) is 0 Å². The van der Waals surface area contributed by atoms with E-state index in [9.17, 15) is 0 Å². The second kappa shape index (κ2) is 4.61. The third-order valence-corrected chi connectivity index (χ3v) is 5.40. The summed E-state index contributed by atoms with van der Waals surface area (Å²) in [5, 5.41) is 1.18. The minimum absolute atomic E-state index is 0.165. The molecule has 2 aromatic rings. The monoisotopic (exact) mass is 270 g/mol. The lowest BCUT2D eigenvalue weighted by Crippen LogP contribution is -2.35. The van der Waals surface area contributed by atoms with Gasteiger partial charge in [-0.3, -0.25) is 5.84 Å². The van der Waals surface area contributed by atoms with E-state index in [0.717, 1.165) is 23.2 Å². The summed E-state index contributed by atoms with van der Waals surface area (Å²) in [6.07, 6.45) is 5.47. The number of furan rings is 1. The number of hydrazine groups is 1. The van der Waals surface area contributed by atoms with Gasteiger partial charge in [0.25, 0.3) is 0 Å². The zero-order chi connectivity index (χ0) is 13.7. The number of hydrogen-bond acceptors (Lipinski definition) is 3. The normalized spacial score (nSPS) is 30.2. The van der Waals surface area contributed by atoms with E-state index >= 15 is 0 Å². The van der Waals surface area contributed by atoms with E-state index in [1.54, 1.807) is 0 Å².